The van der Waals surface area contributed by atoms with Gasteiger partial charge in [-0.05, 0) is 56.2 Å². The van der Waals surface area contributed by atoms with Gasteiger partial charge in [0.05, 0.1) is 29.1 Å². The van der Waals surface area contributed by atoms with Gasteiger partial charge in [-0.15, -0.1) is 0 Å². The minimum Gasteiger partial charge on any atom is -0.384 e. The fraction of sp³-hybridized carbons (Fsp3) is 0.536. The number of amides is 1. The van der Waals surface area contributed by atoms with E-state index in [-0.39, 0.29) is 12.3 Å². The van der Waals surface area contributed by atoms with Crippen LogP contribution in [0.5, 0.6) is 0 Å². The molecule has 11 heteroatoms. The molecule has 1 saturated carbocycles. The highest BCUT2D eigenvalue weighted by Crippen LogP contribution is 2.43. The number of para-hydroxylation sites is 1. The van der Waals surface area contributed by atoms with Crippen LogP contribution in [-0.2, 0) is 19.5 Å². The molecule has 1 aromatic carbocycles. The topological polar surface area (TPSA) is 116 Å². The summed E-state index contributed by atoms with van der Waals surface area (Å²) in [4.78, 5) is 20.5. The van der Waals surface area contributed by atoms with Gasteiger partial charge in [-0.2, -0.15) is 5.10 Å². The van der Waals surface area contributed by atoms with Gasteiger partial charge in [0.2, 0.25) is 10.0 Å². The summed E-state index contributed by atoms with van der Waals surface area (Å²) in [5, 5.41) is 5.27. The van der Waals surface area contributed by atoms with Crippen molar-refractivity contribution in [2.45, 2.75) is 49.7 Å². The number of rotatable bonds is 8. The van der Waals surface area contributed by atoms with Crippen LogP contribution < -0.4 is 9.62 Å². The molecule has 1 N–H and O–H groups in total. The number of carbonyl (C=O) groups excluding carboxylic acids is 1. The van der Waals surface area contributed by atoms with Crippen molar-refractivity contribution in [3.8, 4) is 5.69 Å². The van der Waals surface area contributed by atoms with Crippen LogP contribution in [0.4, 0.5) is 5.69 Å². The number of anilines is 1. The lowest BCUT2D eigenvalue weighted by Gasteiger charge is -2.34. The molecule has 10 nitrogen and oxygen atoms in total. The number of hydrogen-bond donors (Lipinski definition) is 1. The highest BCUT2D eigenvalue weighted by atomic mass is 32.2. The van der Waals surface area contributed by atoms with Gasteiger partial charge in [-0.3, -0.25) is 4.79 Å². The third kappa shape index (κ3) is 5.15. The highest BCUT2D eigenvalue weighted by Gasteiger charge is 2.34. The van der Waals surface area contributed by atoms with Crippen molar-refractivity contribution >= 4 is 32.7 Å². The van der Waals surface area contributed by atoms with Gasteiger partial charge >= 0.3 is 0 Å². The fourth-order valence-electron chi connectivity index (χ4n) is 5.80. The normalized spacial score (nSPS) is 20.8. The Hall–Kier alpha value is -3.02. The van der Waals surface area contributed by atoms with E-state index in [2.05, 4.69) is 9.62 Å². The second-order valence-corrected chi connectivity index (χ2v) is 12.8. The molecule has 0 unspecified atom stereocenters. The third-order valence-corrected chi connectivity index (χ3v) is 10.0. The molecule has 0 radical (unpaired) electrons. The number of benzene rings is 1. The molecular weight excluding hydrogens is 518 g/mol. The smallest absolute Gasteiger partial charge is 0.283 e. The maximum Gasteiger partial charge on any atom is 0.283 e. The predicted molar refractivity (Wildman–Crippen MR) is 148 cm³/mol. The molecule has 208 valence electrons. The molecule has 2 aromatic heterocycles. The van der Waals surface area contributed by atoms with Gasteiger partial charge in [0, 0.05) is 39.3 Å². The molecule has 3 aromatic rings. The Kier molecular flexibility index (Phi) is 7.30. The van der Waals surface area contributed by atoms with Crippen molar-refractivity contribution < 1.29 is 22.7 Å². The third-order valence-electron chi connectivity index (χ3n) is 8.29. The maximum absolute atomic E-state index is 13.4. The first-order valence-corrected chi connectivity index (χ1v) is 15.4. The zero-order chi connectivity index (χ0) is 27.0. The lowest BCUT2D eigenvalue weighted by atomic mass is 9.82. The number of fused-ring (bicyclic) bond motifs is 1. The summed E-state index contributed by atoms with van der Waals surface area (Å²) < 4.78 is 40.5. The average molecular weight is 554 g/mol. The number of sulfonamides is 1. The molecule has 2 saturated heterocycles. The summed E-state index contributed by atoms with van der Waals surface area (Å²) in [7, 11) is -2.16. The monoisotopic (exact) mass is 553 g/mol. The van der Waals surface area contributed by atoms with Crippen molar-refractivity contribution in [1.82, 2.24) is 19.5 Å². The summed E-state index contributed by atoms with van der Waals surface area (Å²) in [6.45, 7) is 2.81. The average Bonchev–Trinajstić information content (AvgIpc) is 3.58. The number of aromatic nitrogens is 3. The van der Waals surface area contributed by atoms with Gasteiger partial charge in [0.1, 0.15) is 10.9 Å². The van der Waals surface area contributed by atoms with E-state index in [1.165, 1.54) is 6.42 Å². The SMILES string of the molecule is COCC1CCN(c2cc(C(=O)NS(=O)(=O)[C@H]3CCOC3)nc3c2c(C2CCC2)nn3-c2ccccc2)CC1. The number of hydrogen-bond acceptors (Lipinski definition) is 8. The van der Waals surface area contributed by atoms with Crippen LogP contribution in [0.1, 0.15) is 60.6 Å². The maximum atomic E-state index is 13.4. The summed E-state index contributed by atoms with van der Waals surface area (Å²) in [6, 6.07) is 11.5. The van der Waals surface area contributed by atoms with Gasteiger partial charge in [-0.25, -0.2) is 22.8 Å². The molecule has 2 aliphatic heterocycles. The molecular formula is C28H35N5O5S. The van der Waals surface area contributed by atoms with Crippen LogP contribution in [0, 0.1) is 5.92 Å². The van der Waals surface area contributed by atoms with E-state index in [1.54, 1.807) is 17.9 Å². The lowest BCUT2D eigenvalue weighted by Crippen LogP contribution is -2.39. The van der Waals surface area contributed by atoms with E-state index in [4.69, 9.17) is 19.6 Å². The van der Waals surface area contributed by atoms with Gasteiger partial charge < -0.3 is 14.4 Å². The van der Waals surface area contributed by atoms with Crippen molar-refractivity contribution in [1.29, 1.82) is 0 Å². The van der Waals surface area contributed by atoms with Crippen LogP contribution in [0.2, 0.25) is 0 Å². The summed E-state index contributed by atoms with van der Waals surface area (Å²) >= 11 is 0. The Morgan fingerprint density at radius 1 is 1.13 bits per heavy atom. The van der Waals surface area contributed by atoms with Gasteiger partial charge in [0.25, 0.3) is 5.91 Å². The van der Waals surface area contributed by atoms with Crippen molar-refractivity contribution in [2.75, 3.05) is 44.9 Å². The number of carbonyl (C=O) groups is 1. The molecule has 3 aliphatic rings. The standard InChI is InChI=1S/C28H35N5O5S/c1-37-17-19-10-13-32(14-11-19)24-16-23(28(34)31-39(35,36)22-12-15-38-18-22)29-27-25(24)26(20-6-5-7-20)30-33(27)21-8-3-2-4-9-21/h2-4,8-9,16,19-20,22H,5-7,10-15,17-18H2,1H3,(H,31,34)/t22-/m0/s1. The second-order valence-electron chi connectivity index (χ2n) is 10.8. The van der Waals surface area contributed by atoms with Crippen LogP contribution in [-0.4, -0.2) is 74.4 Å². The van der Waals surface area contributed by atoms with Crippen LogP contribution in [0.15, 0.2) is 36.4 Å². The molecule has 3 fully saturated rings. The van der Waals surface area contributed by atoms with E-state index < -0.39 is 21.2 Å². The first-order valence-electron chi connectivity index (χ1n) is 13.8. The number of ether oxygens (including phenoxy) is 2. The first-order chi connectivity index (χ1) is 18.9. The Morgan fingerprint density at radius 3 is 2.54 bits per heavy atom. The number of nitrogens with one attached hydrogen (secondary N) is 1. The second kappa shape index (κ2) is 10.9. The molecule has 1 aliphatic carbocycles. The fourth-order valence-corrected chi connectivity index (χ4v) is 7.02. The first kappa shape index (κ1) is 26.2. The minimum absolute atomic E-state index is 0.0660. The number of nitrogens with zero attached hydrogens (tertiary/aromatic N) is 4. The van der Waals surface area contributed by atoms with E-state index in [0.29, 0.717) is 30.5 Å². The Bertz CT molecular complexity index is 1440. The molecule has 1 atom stereocenters. The van der Waals surface area contributed by atoms with Gasteiger partial charge in [-0.1, -0.05) is 24.6 Å². The zero-order valence-electron chi connectivity index (χ0n) is 22.2. The van der Waals surface area contributed by atoms with Crippen LogP contribution in [0.3, 0.4) is 0 Å². The Balaban J connectivity index is 1.46. The Labute approximate surface area is 228 Å². The van der Waals surface area contributed by atoms with Crippen molar-refractivity contribution in [3.05, 3.63) is 47.8 Å². The van der Waals surface area contributed by atoms with Crippen LogP contribution >= 0.6 is 0 Å². The van der Waals surface area contributed by atoms with E-state index >= 15 is 0 Å². The van der Waals surface area contributed by atoms with E-state index in [1.807, 2.05) is 30.3 Å². The highest BCUT2D eigenvalue weighted by molar-refractivity contribution is 7.90. The lowest BCUT2D eigenvalue weighted by molar-refractivity contribution is 0.0976. The summed E-state index contributed by atoms with van der Waals surface area (Å²) in [6.07, 6.45) is 5.61. The predicted octanol–water partition coefficient (Wildman–Crippen LogP) is 3.40. The minimum atomic E-state index is -3.89. The molecule has 4 heterocycles. The largest absolute Gasteiger partial charge is 0.384 e. The van der Waals surface area contributed by atoms with E-state index in [0.717, 1.165) is 67.8 Å². The van der Waals surface area contributed by atoms with Crippen molar-refractivity contribution in [2.24, 2.45) is 5.92 Å². The summed E-state index contributed by atoms with van der Waals surface area (Å²) in [5.41, 5.74) is 3.39. The number of pyridine rings is 1. The molecule has 6 rings (SSSR count). The van der Waals surface area contributed by atoms with Crippen LogP contribution in [0.25, 0.3) is 16.7 Å². The van der Waals surface area contributed by atoms with Crippen molar-refractivity contribution in [3.63, 3.8) is 0 Å². The molecule has 0 bridgehead atoms. The molecule has 0 spiro atoms. The summed E-state index contributed by atoms with van der Waals surface area (Å²) in [5.74, 6) is 0.0973. The number of methoxy groups -OCH3 is 1. The Morgan fingerprint density at radius 2 is 1.90 bits per heavy atom. The number of piperidine rings is 1. The quantitative estimate of drug-likeness (QED) is 0.451. The molecule has 39 heavy (non-hydrogen) atoms. The zero-order valence-corrected chi connectivity index (χ0v) is 23.0. The van der Waals surface area contributed by atoms with Gasteiger partial charge in [0.15, 0.2) is 5.65 Å². The molecule has 1 amide bonds. The van der Waals surface area contributed by atoms with E-state index in [9.17, 15) is 13.2 Å².